The highest BCUT2D eigenvalue weighted by atomic mass is 19.1. The molecule has 168 valence electrons. The highest BCUT2D eigenvalue weighted by Gasteiger charge is 2.50. The summed E-state index contributed by atoms with van der Waals surface area (Å²) in [4.78, 5) is 39.9. The molecular weight excluding hydrogens is 431 g/mol. The topological polar surface area (TPSA) is 101 Å². The van der Waals surface area contributed by atoms with Gasteiger partial charge in [-0.25, -0.2) is 13.2 Å². The zero-order chi connectivity index (χ0) is 22.7. The first-order chi connectivity index (χ1) is 15.3. The molecule has 2 aliphatic heterocycles. The largest absolute Gasteiger partial charge is 0.503 e. The van der Waals surface area contributed by atoms with Gasteiger partial charge in [0, 0.05) is 36.5 Å². The van der Waals surface area contributed by atoms with Crippen molar-refractivity contribution in [2.75, 3.05) is 6.61 Å². The molecule has 0 radical (unpaired) electrons. The first kappa shape index (κ1) is 20.6. The second-order valence-corrected chi connectivity index (χ2v) is 8.07. The fraction of sp³-hybridized carbons (Fsp3) is 0.381. The normalized spacial score (nSPS) is 22.0. The lowest BCUT2D eigenvalue weighted by molar-refractivity contribution is -0.0387. The number of ether oxygens (including phenoxy) is 1. The Labute approximate surface area is 179 Å². The minimum atomic E-state index is -1.19. The molecule has 0 spiro atoms. The average Bonchev–Trinajstić information content (AvgIpc) is 3.44. The molecule has 2 N–H and O–H groups in total. The van der Waals surface area contributed by atoms with Crippen LogP contribution in [-0.2, 0) is 11.3 Å². The monoisotopic (exact) mass is 449 g/mol. The Morgan fingerprint density at radius 3 is 2.50 bits per heavy atom. The van der Waals surface area contributed by atoms with Crippen molar-refractivity contribution in [2.24, 2.45) is 0 Å². The maximum atomic E-state index is 13.8. The van der Waals surface area contributed by atoms with E-state index in [-0.39, 0.29) is 11.7 Å². The van der Waals surface area contributed by atoms with Crippen molar-refractivity contribution in [3.63, 3.8) is 0 Å². The van der Waals surface area contributed by atoms with Crippen molar-refractivity contribution in [1.82, 2.24) is 14.8 Å². The number of amides is 2. The van der Waals surface area contributed by atoms with Crippen LogP contribution in [0, 0.1) is 17.5 Å². The van der Waals surface area contributed by atoms with Crippen LogP contribution in [0.4, 0.5) is 13.2 Å². The Bertz CT molecular complexity index is 1190. The Kier molecular flexibility index (Phi) is 4.73. The molecular formula is C21H18F3N3O5. The predicted molar refractivity (Wildman–Crippen MR) is 102 cm³/mol. The van der Waals surface area contributed by atoms with Crippen molar-refractivity contribution in [3.8, 4) is 5.75 Å². The highest BCUT2D eigenvalue weighted by molar-refractivity contribution is 5.99. The lowest BCUT2D eigenvalue weighted by Crippen LogP contribution is -2.51. The number of nitrogens with zero attached hydrogens (tertiary/aromatic N) is 2. The van der Waals surface area contributed by atoms with E-state index in [1.807, 2.05) is 0 Å². The fourth-order valence-electron chi connectivity index (χ4n) is 4.33. The van der Waals surface area contributed by atoms with Crippen molar-refractivity contribution >= 4 is 11.8 Å². The van der Waals surface area contributed by atoms with Gasteiger partial charge in [-0.2, -0.15) is 0 Å². The zero-order valence-corrected chi connectivity index (χ0v) is 16.6. The molecule has 2 atom stereocenters. The van der Waals surface area contributed by atoms with E-state index in [2.05, 4.69) is 5.32 Å². The molecule has 11 heteroatoms. The molecule has 2 aromatic rings. The van der Waals surface area contributed by atoms with E-state index in [4.69, 9.17) is 4.74 Å². The summed E-state index contributed by atoms with van der Waals surface area (Å²) < 4.78 is 47.8. The number of carbonyl (C=O) groups is 2. The van der Waals surface area contributed by atoms with Gasteiger partial charge in [0.05, 0.1) is 12.6 Å². The van der Waals surface area contributed by atoms with Gasteiger partial charge in [0.1, 0.15) is 23.0 Å². The van der Waals surface area contributed by atoms with Crippen molar-refractivity contribution in [3.05, 3.63) is 62.8 Å². The smallest absolute Gasteiger partial charge is 0.276 e. The van der Waals surface area contributed by atoms with E-state index in [0.717, 1.165) is 12.8 Å². The molecule has 32 heavy (non-hydrogen) atoms. The number of aromatic nitrogens is 1. The number of aromatic hydroxyl groups is 1. The van der Waals surface area contributed by atoms with E-state index in [1.165, 1.54) is 10.8 Å². The van der Waals surface area contributed by atoms with E-state index in [9.17, 15) is 32.7 Å². The molecule has 2 amide bonds. The standard InChI is InChI=1S/C21H18F3N3O5/c22-9-5-13(23)11(14(24)6-9)7-25-19(30)12-8-26-15-3-4-32-21(15)27(10-1-2-10)20(31)16(26)18(29)17(12)28/h5-6,8,10,15,21,29H,1-4,7H2,(H,25,30)/t15-,21+/m1/s1. The van der Waals surface area contributed by atoms with Crippen LogP contribution in [0.2, 0.25) is 0 Å². The number of pyridine rings is 1. The van der Waals surface area contributed by atoms with Gasteiger partial charge >= 0.3 is 0 Å². The van der Waals surface area contributed by atoms with E-state index < -0.39 is 70.4 Å². The van der Waals surface area contributed by atoms with Crippen molar-refractivity contribution in [2.45, 2.75) is 44.1 Å². The Balaban J connectivity index is 1.48. The summed E-state index contributed by atoms with van der Waals surface area (Å²) in [6, 6.07) is 0.539. The third-order valence-corrected chi connectivity index (χ3v) is 6.03. The van der Waals surface area contributed by atoms with Gasteiger partial charge in [0.15, 0.2) is 17.7 Å². The summed E-state index contributed by atoms with van der Waals surface area (Å²) in [5.41, 5.74) is -2.36. The number of halogens is 3. The Morgan fingerprint density at radius 1 is 1.16 bits per heavy atom. The number of hydrogen-bond acceptors (Lipinski definition) is 5. The fourth-order valence-corrected chi connectivity index (χ4v) is 4.33. The van der Waals surface area contributed by atoms with E-state index in [1.54, 1.807) is 4.90 Å². The van der Waals surface area contributed by atoms with Crippen molar-refractivity contribution in [1.29, 1.82) is 0 Å². The molecule has 1 aromatic heterocycles. The molecule has 3 heterocycles. The Morgan fingerprint density at radius 2 is 1.84 bits per heavy atom. The van der Waals surface area contributed by atoms with Gasteiger partial charge < -0.3 is 24.6 Å². The zero-order valence-electron chi connectivity index (χ0n) is 16.6. The van der Waals surface area contributed by atoms with Gasteiger partial charge in [-0.1, -0.05) is 0 Å². The summed E-state index contributed by atoms with van der Waals surface area (Å²) in [6.45, 7) is -0.287. The molecule has 8 nitrogen and oxygen atoms in total. The first-order valence-corrected chi connectivity index (χ1v) is 10.1. The maximum absolute atomic E-state index is 13.8. The molecule has 0 bridgehead atoms. The minimum Gasteiger partial charge on any atom is -0.503 e. The molecule has 0 unspecified atom stereocenters. The maximum Gasteiger partial charge on any atom is 0.276 e. The number of fused-ring (bicyclic) bond motifs is 3. The molecule has 5 rings (SSSR count). The highest BCUT2D eigenvalue weighted by Crippen LogP contribution is 2.42. The quantitative estimate of drug-likeness (QED) is 0.742. The summed E-state index contributed by atoms with van der Waals surface area (Å²) >= 11 is 0. The van der Waals surface area contributed by atoms with Crippen LogP contribution < -0.4 is 10.7 Å². The number of hydrogen-bond donors (Lipinski definition) is 2. The summed E-state index contributed by atoms with van der Waals surface area (Å²) in [5, 5.41) is 12.7. The van der Waals surface area contributed by atoms with Crippen LogP contribution in [-0.4, -0.2) is 45.3 Å². The minimum absolute atomic E-state index is 0.0140. The summed E-state index contributed by atoms with van der Waals surface area (Å²) in [7, 11) is 0. The average molecular weight is 449 g/mol. The van der Waals surface area contributed by atoms with Crippen LogP contribution >= 0.6 is 0 Å². The summed E-state index contributed by atoms with van der Waals surface area (Å²) in [5.74, 6) is -5.90. The summed E-state index contributed by atoms with van der Waals surface area (Å²) in [6.07, 6.45) is 2.71. The lowest BCUT2D eigenvalue weighted by Gasteiger charge is -2.39. The molecule has 1 saturated heterocycles. The SMILES string of the molecule is O=C(NCc1c(F)cc(F)cc1F)c1cn2c(c(O)c1=O)C(=O)N(C1CC1)[C@H]1OCC[C@H]12. The first-order valence-electron chi connectivity index (χ1n) is 10.1. The number of rotatable bonds is 4. The number of nitrogens with one attached hydrogen (secondary N) is 1. The van der Waals surface area contributed by atoms with Gasteiger partial charge in [-0.3, -0.25) is 14.4 Å². The van der Waals surface area contributed by atoms with E-state index >= 15 is 0 Å². The van der Waals surface area contributed by atoms with E-state index in [0.29, 0.717) is 25.2 Å². The Hall–Kier alpha value is -3.34. The second-order valence-electron chi connectivity index (χ2n) is 8.07. The predicted octanol–water partition coefficient (Wildman–Crippen LogP) is 1.81. The van der Waals surface area contributed by atoms with Gasteiger partial charge in [0.25, 0.3) is 11.8 Å². The lowest BCUT2D eigenvalue weighted by atomic mass is 10.0. The number of benzene rings is 1. The van der Waals surface area contributed by atoms with Crippen LogP contribution in [0.15, 0.2) is 23.1 Å². The van der Waals surface area contributed by atoms with Crippen LogP contribution in [0.3, 0.4) is 0 Å². The molecule has 1 aliphatic carbocycles. The molecule has 3 aliphatic rings. The third-order valence-electron chi connectivity index (χ3n) is 6.03. The van der Waals surface area contributed by atoms with Crippen LogP contribution in [0.25, 0.3) is 0 Å². The molecule has 1 aromatic carbocycles. The number of carbonyl (C=O) groups excluding carboxylic acids is 2. The van der Waals surface area contributed by atoms with Crippen LogP contribution in [0.5, 0.6) is 5.75 Å². The van der Waals surface area contributed by atoms with Gasteiger partial charge in [-0.15, -0.1) is 0 Å². The van der Waals surface area contributed by atoms with Crippen LogP contribution in [0.1, 0.15) is 51.7 Å². The second kappa shape index (κ2) is 7.37. The molecule has 1 saturated carbocycles. The van der Waals surface area contributed by atoms with Gasteiger partial charge in [-0.05, 0) is 19.3 Å². The van der Waals surface area contributed by atoms with Gasteiger partial charge in [0.2, 0.25) is 5.43 Å². The molecule has 2 fully saturated rings. The van der Waals surface area contributed by atoms with Crippen molar-refractivity contribution < 1.29 is 32.6 Å². The third kappa shape index (κ3) is 3.15.